The summed E-state index contributed by atoms with van der Waals surface area (Å²) in [6, 6.07) is 0. The molecule has 12 heavy (non-hydrogen) atoms. The zero-order valence-electron chi connectivity index (χ0n) is 7.05. The molecule has 0 aromatic heterocycles. The quantitative estimate of drug-likeness (QED) is 0.573. The molecule has 0 bridgehead atoms. The van der Waals surface area contributed by atoms with Crippen molar-refractivity contribution in [1.29, 1.82) is 0 Å². The van der Waals surface area contributed by atoms with E-state index in [2.05, 4.69) is 5.32 Å². The van der Waals surface area contributed by atoms with Crippen molar-refractivity contribution in [3.63, 3.8) is 0 Å². The summed E-state index contributed by atoms with van der Waals surface area (Å²) in [4.78, 5) is 11.4. The van der Waals surface area contributed by atoms with E-state index in [0.29, 0.717) is 11.3 Å². The summed E-state index contributed by atoms with van der Waals surface area (Å²) in [5.74, 6) is 1.10. The van der Waals surface area contributed by atoms with Crippen LogP contribution in [0.4, 0.5) is 0 Å². The van der Waals surface area contributed by atoms with Crippen LogP contribution in [0, 0.1) is 11.8 Å². The van der Waals surface area contributed by atoms with Crippen molar-refractivity contribution in [2.24, 2.45) is 11.8 Å². The maximum atomic E-state index is 11.4. The van der Waals surface area contributed by atoms with Gasteiger partial charge in [0.25, 0.3) is 0 Å². The van der Waals surface area contributed by atoms with Crippen LogP contribution in [-0.4, -0.2) is 17.8 Å². The molecule has 2 fully saturated rings. The van der Waals surface area contributed by atoms with Gasteiger partial charge in [0.15, 0.2) is 0 Å². The fraction of sp³-hybridized carbons (Fsp3) is 0.889. The van der Waals surface area contributed by atoms with Crippen LogP contribution in [0.25, 0.3) is 0 Å². The number of rotatable bonds is 0. The number of carbonyl (C=O) groups excluding carboxylic acids is 1. The molecular weight excluding hydrogens is 174 g/mol. The van der Waals surface area contributed by atoms with Gasteiger partial charge in [-0.25, -0.2) is 0 Å². The second kappa shape index (κ2) is 3.25. The molecule has 2 aliphatic rings. The van der Waals surface area contributed by atoms with Gasteiger partial charge in [0.2, 0.25) is 5.91 Å². The first kappa shape index (κ1) is 8.36. The van der Waals surface area contributed by atoms with Gasteiger partial charge in [0.05, 0.1) is 0 Å². The Kier molecular flexibility index (Phi) is 2.26. The Balaban J connectivity index is 2.04. The molecule has 0 radical (unpaired) electrons. The highest BCUT2D eigenvalue weighted by Gasteiger charge is 2.36. The number of alkyl halides is 1. The average molecular weight is 188 g/mol. The van der Waals surface area contributed by atoms with Crippen LogP contribution in [0.2, 0.25) is 0 Å². The summed E-state index contributed by atoms with van der Waals surface area (Å²) in [5, 5.41) is 3.23. The summed E-state index contributed by atoms with van der Waals surface area (Å²) < 4.78 is 0. The molecule has 3 atom stereocenters. The van der Waals surface area contributed by atoms with Crippen molar-refractivity contribution in [3.8, 4) is 0 Å². The average Bonchev–Trinajstić information content (AvgIpc) is 2.04. The van der Waals surface area contributed by atoms with Gasteiger partial charge < -0.3 is 5.32 Å². The van der Waals surface area contributed by atoms with Crippen molar-refractivity contribution in [3.05, 3.63) is 0 Å². The summed E-state index contributed by atoms with van der Waals surface area (Å²) in [5.41, 5.74) is 0. The van der Waals surface area contributed by atoms with Crippen molar-refractivity contribution in [1.82, 2.24) is 5.32 Å². The van der Waals surface area contributed by atoms with Crippen molar-refractivity contribution >= 4 is 17.5 Å². The number of hydrogen-bond acceptors (Lipinski definition) is 1. The lowest BCUT2D eigenvalue weighted by atomic mass is 9.75. The Morgan fingerprint density at radius 1 is 1.33 bits per heavy atom. The molecule has 2 nitrogen and oxygen atoms in total. The SMILES string of the molecule is O=C1NCCC2CC(Cl)CCC12. The van der Waals surface area contributed by atoms with Crippen molar-refractivity contribution in [2.45, 2.75) is 31.1 Å². The van der Waals surface area contributed by atoms with Crippen LogP contribution in [0.15, 0.2) is 0 Å². The van der Waals surface area contributed by atoms with Gasteiger partial charge >= 0.3 is 0 Å². The van der Waals surface area contributed by atoms with Crippen LogP contribution in [0.5, 0.6) is 0 Å². The van der Waals surface area contributed by atoms with Gasteiger partial charge in [0.1, 0.15) is 0 Å². The Hall–Kier alpha value is -0.240. The first-order valence-corrected chi connectivity index (χ1v) is 5.13. The predicted molar refractivity (Wildman–Crippen MR) is 48.1 cm³/mol. The minimum atomic E-state index is 0.259. The topological polar surface area (TPSA) is 29.1 Å². The molecule has 1 N–H and O–H groups in total. The van der Waals surface area contributed by atoms with Crippen LogP contribution < -0.4 is 5.32 Å². The number of fused-ring (bicyclic) bond motifs is 1. The number of hydrogen-bond donors (Lipinski definition) is 1. The summed E-state index contributed by atoms with van der Waals surface area (Å²) in [6.07, 6.45) is 4.17. The Labute approximate surface area is 77.7 Å². The zero-order chi connectivity index (χ0) is 8.55. The van der Waals surface area contributed by atoms with Gasteiger partial charge in [-0.15, -0.1) is 11.6 Å². The molecule has 0 spiro atoms. The van der Waals surface area contributed by atoms with E-state index in [0.717, 1.165) is 32.2 Å². The number of piperidine rings is 1. The number of halogens is 1. The van der Waals surface area contributed by atoms with Crippen molar-refractivity contribution < 1.29 is 4.79 Å². The molecule has 0 aromatic rings. The Bertz CT molecular complexity index is 195. The normalized spacial score (nSPS) is 41.8. The highest BCUT2D eigenvalue weighted by atomic mass is 35.5. The minimum absolute atomic E-state index is 0.259. The highest BCUT2D eigenvalue weighted by molar-refractivity contribution is 6.20. The molecule has 1 amide bonds. The molecule has 68 valence electrons. The van der Waals surface area contributed by atoms with E-state index in [4.69, 9.17) is 11.6 Å². The summed E-state index contributed by atoms with van der Waals surface area (Å²) in [6.45, 7) is 0.851. The van der Waals surface area contributed by atoms with Gasteiger partial charge in [-0.1, -0.05) is 0 Å². The van der Waals surface area contributed by atoms with Crippen LogP contribution >= 0.6 is 11.6 Å². The van der Waals surface area contributed by atoms with E-state index in [1.54, 1.807) is 0 Å². The molecule has 3 heteroatoms. The van der Waals surface area contributed by atoms with Gasteiger partial charge in [-0.05, 0) is 31.6 Å². The van der Waals surface area contributed by atoms with E-state index in [9.17, 15) is 4.79 Å². The largest absolute Gasteiger partial charge is 0.356 e. The second-order valence-corrected chi connectivity index (χ2v) is 4.47. The van der Waals surface area contributed by atoms with Gasteiger partial charge in [-0.3, -0.25) is 4.79 Å². The van der Waals surface area contributed by atoms with Crippen LogP contribution in [-0.2, 0) is 4.79 Å². The number of amides is 1. The van der Waals surface area contributed by atoms with Gasteiger partial charge in [-0.2, -0.15) is 0 Å². The zero-order valence-corrected chi connectivity index (χ0v) is 7.81. The van der Waals surface area contributed by atoms with E-state index >= 15 is 0 Å². The predicted octanol–water partition coefficient (Wildman–Crippen LogP) is 1.53. The van der Waals surface area contributed by atoms with Crippen LogP contribution in [0.3, 0.4) is 0 Å². The monoisotopic (exact) mass is 187 g/mol. The molecular formula is C9H14ClNO. The molecule has 1 aliphatic carbocycles. The molecule has 0 aromatic carbocycles. The highest BCUT2D eigenvalue weighted by Crippen LogP contribution is 2.36. The third kappa shape index (κ3) is 1.45. The lowest BCUT2D eigenvalue weighted by Crippen LogP contribution is -2.44. The standard InChI is InChI=1S/C9H14ClNO/c10-7-1-2-8-6(5-7)3-4-11-9(8)12/h6-8H,1-5H2,(H,11,12). The maximum Gasteiger partial charge on any atom is 0.223 e. The summed E-state index contributed by atoms with van der Waals surface area (Å²) >= 11 is 6.05. The first-order chi connectivity index (χ1) is 5.77. The molecule has 1 aliphatic heterocycles. The number of nitrogens with one attached hydrogen (secondary N) is 1. The molecule has 3 unspecified atom stereocenters. The fourth-order valence-electron chi connectivity index (χ4n) is 2.38. The first-order valence-electron chi connectivity index (χ1n) is 4.69. The lowest BCUT2D eigenvalue weighted by molar-refractivity contribution is -0.129. The molecule has 1 saturated carbocycles. The lowest BCUT2D eigenvalue weighted by Gasteiger charge is -2.36. The Morgan fingerprint density at radius 2 is 2.17 bits per heavy atom. The van der Waals surface area contributed by atoms with Gasteiger partial charge in [0, 0.05) is 17.8 Å². The third-order valence-corrected chi connectivity index (χ3v) is 3.47. The summed E-state index contributed by atoms with van der Waals surface area (Å²) in [7, 11) is 0. The minimum Gasteiger partial charge on any atom is -0.356 e. The molecule has 1 saturated heterocycles. The Morgan fingerprint density at radius 3 is 3.00 bits per heavy atom. The smallest absolute Gasteiger partial charge is 0.223 e. The van der Waals surface area contributed by atoms with E-state index in [1.165, 1.54) is 0 Å². The van der Waals surface area contributed by atoms with Crippen molar-refractivity contribution in [2.75, 3.05) is 6.54 Å². The van der Waals surface area contributed by atoms with E-state index < -0.39 is 0 Å². The fourth-order valence-corrected chi connectivity index (χ4v) is 2.74. The maximum absolute atomic E-state index is 11.4. The van der Waals surface area contributed by atoms with Crippen LogP contribution in [0.1, 0.15) is 25.7 Å². The number of carbonyl (C=O) groups is 1. The second-order valence-electron chi connectivity index (χ2n) is 3.86. The molecule has 1 heterocycles. The molecule has 2 rings (SSSR count). The van der Waals surface area contributed by atoms with E-state index in [1.807, 2.05) is 0 Å². The third-order valence-electron chi connectivity index (χ3n) is 3.07. The van der Waals surface area contributed by atoms with E-state index in [-0.39, 0.29) is 11.8 Å².